The average molecular weight is 652 g/mol. The van der Waals surface area contributed by atoms with Gasteiger partial charge in [0.2, 0.25) is 5.95 Å². The minimum atomic E-state index is -4.96. The first-order chi connectivity index (χ1) is 21.1. The lowest BCUT2D eigenvalue weighted by Crippen LogP contribution is -2.51. The molecule has 5 rings (SSSR count). The number of anilines is 1. The summed E-state index contributed by atoms with van der Waals surface area (Å²) in [5.41, 5.74) is -1.88. The van der Waals surface area contributed by atoms with E-state index in [2.05, 4.69) is 4.98 Å². The van der Waals surface area contributed by atoms with Gasteiger partial charge in [-0.1, -0.05) is 48.0 Å². The van der Waals surface area contributed by atoms with Crippen LogP contribution in [0, 0.1) is 6.92 Å². The molecule has 3 aromatic carbocycles. The molecular weight excluding hydrogens is 620 g/mol. The van der Waals surface area contributed by atoms with Gasteiger partial charge in [-0.15, -0.1) is 0 Å². The number of rotatable bonds is 8. The fourth-order valence-corrected chi connectivity index (χ4v) is 7.15. The number of benzene rings is 3. The van der Waals surface area contributed by atoms with E-state index in [0.29, 0.717) is 31.5 Å². The highest BCUT2D eigenvalue weighted by Gasteiger charge is 2.42. The molecule has 1 aromatic heterocycles. The summed E-state index contributed by atoms with van der Waals surface area (Å²) in [6, 6.07) is 17.0. The number of imidazole rings is 1. The third kappa shape index (κ3) is 6.89. The van der Waals surface area contributed by atoms with Crippen LogP contribution < -0.4 is 4.90 Å². The first-order valence-corrected chi connectivity index (χ1v) is 15.6. The molecule has 4 aromatic rings. The smallest absolute Gasteiger partial charge is 0.376 e. The summed E-state index contributed by atoms with van der Waals surface area (Å²) in [7, 11) is -3.94. The van der Waals surface area contributed by atoms with Crippen molar-refractivity contribution in [2.75, 3.05) is 18.1 Å². The Morgan fingerprint density at radius 2 is 1.56 bits per heavy atom. The van der Waals surface area contributed by atoms with Crippen LogP contribution in [0.1, 0.15) is 47.6 Å². The van der Waals surface area contributed by atoms with E-state index in [1.807, 2.05) is 49.1 Å². The maximum Gasteiger partial charge on any atom is 0.416 e. The number of halogens is 6. The number of hydrogen-bond acceptors (Lipinski definition) is 5. The van der Waals surface area contributed by atoms with Gasteiger partial charge in [0.15, 0.2) is 0 Å². The second kappa shape index (κ2) is 12.2. The van der Waals surface area contributed by atoms with E-state index in [1.54, 1.807) is 12.1 Å². The number of nitrogens with zero attached hydrogens (tertiary/aromatic N) is 3. The molecule has 1 aliphatic heterocycles. The van der Waals surface area contributed by atoms with E-state index in [9.17, 15) is 34.8 Å². The minimum Gasteiger partial charge on any atom is -0.376 e. The van der Waals surface area contributed by atoms with Crippen LogP contribution in [0.3, 0.4) is 0 Å². The van der Waals surface area contributed by atoms with Gasteiger partial charge in [-0.3, -0.25) is 0 Å². The quantitative estimate of drug-likeness (QED) is 0.184. The van der Waals surface area contributed by atoms with Crippen LogP contribution in [0.25, 0.3) is 0 Å². The first kappa shape index (κ1) is 32.6. The Hall–Kier alpha value is -3.84. The van der Waals surface area contributed by atoms with E-state index in [1.165, 1.54) is 24.5 Å². The summed E-state index contributed by atoms with van der Waals surface area (Å²) in [6.45, 7) is 3.69. The lowest BCUT2D eigenvalue weighted by atomic mass is 9.71. The highest BCUT2D eigenvalue weighted by atomic mass is 32.2. The predicted molar refractivity (Wildman–Crippen MR) is 156 cm³/mol. The molecule has 2 atom stereocenters. The fraction of sp³-hybridized carbons (Fsp3) is 0.344. The van der Waals surface area contributed by atoms with Crippen molar-refractivity contribution in [2.45, 2.75) is 62.0 Å². The van der Waals surface area contributed by atoms with Gasteiger partial charge >= 0.3 is 12.4 Å². The van der Waals surface area contributed by atoms with E-state index < -0.39 is 45.5 Å². The van der Waals surface area contributed by atoms with Crippen LogP contribution in [0.4, 0.5) is 32.3 Å². The zero-order valence-corrected chi connectivity index (χ0v) is 25.3. The Morgan fingerprint density at radius 1 is 0.933 bits per heavy atom. The fourth-order valence-electron chi connectivity index (χ4n) is 5.86. The molecule has 2 heterocycles. The maximum atomic E-state index is 13.5. The summed E-state index contributed by atoms with van der Waals surface area (Å²) in [6.07, 6.45) is -6.20. The summed E-state index contributed by atoms with van der Waals surface area (Å²) in [4.78, 5) is 6.37. The standard InChI is InChI=1S/C32H31F6N3O3S/c1-22-8-10-28(11-9-22)45(42,43)41-15-13-39-29(41)40-14-12-30(19-23(40)2,25-6-4-3-5-7-25)21-44-20-24-16-26(31(33,34)35)18-27(17-24)32(36,37)38/h3-11,13,15-18,23H,12,14,19-21H2,1-2H3. The predicted octanol–water partition coefficient (Wildman–Crippen LogP) is 7.61. The van der Waals surface area contributed by atoms with Crippen molar-refractivity contribution in [3.8, 4) is 0 Å². The van der Waals surface area contributed by atoms with E-state index in [0.717, 1.165) is 15.1 Å². The molecule has 0 aliphatic carbocycles. The second-order valence-corrected chi connectivity index (χ2v) is 13.2. The Balaban J connectivity index is 1.39. The third-order valence-electron chi connectivity index (χ3n) is 8.15. The molecule has 45 heavy (non-hydrogen) atoms. The highest BCUT2D eigenvalue weighted by molar-refractivity contribution is 7.90. The van der Waals surface area contributed by atoms with E-state index in [4.69, 9.17) is 4.74 Å². The van der Waals surface area contributed by atoms with Crippen LogP contribution in [0.2, 0.25) is 0 Å². The second-order valence-electron chi connectivity index (χ2n) is 11.4. The number of ether oxygens (including phenoxy) is 1. The van der Waals surface area contributed by atoms with Gasteiger partial charge in [-0.05, 0) is 68.1 Å². The third-order valence-corrected chi connectivity index (χ3v) is 9.82. The molecule has 240 valence electrons. The van der Waals surface area contributed by atoms with Crippen molar-refractivity contribution in [3.63, 3.8) is 0 Å². The number of alkyl halides is 6. The van der Waals surface area contributed by atoms with Crippen LogP contribution >= 0.6 is 0 Å². The summed E-state index contributed by atoms with van der Waals surface area (Å²) in [5, 5.41) is 0. The monoisotopic (exact) mass is 651 g/mol. The van der Waals surface area contributed by atoms with Crippen molar-refractivity contribution in [1.82, 2.24) is 8.96 Å². The van der Waals surface area contributed by atoms with Gasteiger partial charge in [0.05, 0.1) is 29.2 Å². The number of hydrogen-bond donors (Lipinski definition) is 0. The van der Waals surface area contributed by atoms with Crippen LogP contribution in [-0.2, 0) is 39.1 Å². The van der Waals surface area contributed by atoms with E-state index >= 15 is 0 Å². The molecule has 1 aliphatic rings. The van der Waals surface area contributed by atoms with Crippen LogP contribution in [0.5, 0.6) is 0 Å². The Labute approximate surface area is 257 Å². The number of aryl methyl sites for hydroxylation is 1. The van der Waals surface area contributed by atoms with Crippen molar-refractivity contribution in [1.29, 1.82) is 0 Å². The van der Waals surface area contributed by atoms with Crippen molar-refractivity contribution in [2.24, 2.45) is 0 Å². The molecule has 0 amide bonds. The summed E-state index contributed by atoms with van der Waals surface area (Å²) in [5.74, 6) is 0.245. The van der Waals surface area contributed by atoms with Crippen LogP contribution in [-0.4, -0.2) is 36.6 Å². The SMILES string of the molecule is Cc1ccc(S(=O)(=O)n2ccnc2N2CCC(COCc3cc(C(F)(F)F)cc(C(F)(F)F)c3)(c3ccccc3)CC2C)cc1. The molecule has 0 saturated carbocycles. The average Bonchev–Trinajstić information content (AvgIpc) is 3.48. The largest absolute Gasteiger partial charge is 0.416 e. The topological polar surface area (TPSA) is 64.4 Å². The van der Waals surface area contributed by atoms with Gasteiger partial charge in [-0.25, -0.2) is 17.4 Å². The summed E-state index contributed by atoms with van der Waals surface area (Å²) >= 11 is 0. The van der Waals surface area contributed by atoms with Gasteiger partial charge in [0, 0.05) is 30.4 Å². The zero-order valence-electron chi connectivity index (χ0n) is 24.4. The number of piperidine rings is 1. The molecule has 0 N–H and O–H groups in total. The lowest BCUT2D eigenvalue weighted by molar-refractivity contribution is -0.143. The van der Waals surface area contributed by atoms with Gasteiger partial charge in [0.1, 0.15) is 0 Å². The van der Waals surface area contributed by atoms with Crippen molar-refractivity contribution >= 4 is 16.0 Å². The first-order valence-electron chi connectivity index (χ1n) is 14.1. The number of aromatic nitrogens is 2. The molecular formula is C32H31F6N3O3S. The molecule has 2 unspecified atom stereocenters. The van der Waals surface area contributed by atoms with Gasteiger partial charge < -0.3 is 9.64 Å². The molecule has 0 spiro atoms. The zero-order chi connectivity index (χ0) is 32.6. The molecule has 1 fully saturated rings. The minimum absolute atomic E-state index is 0.0168. The molecule has 0 radical (unpaired) electrons. The maximum absolute atomic E-state index is 13.5. The molecule has 0 bridgehead atoms. The lowest BCUT2D eigenvalue weighted by Gasteiger charge is -2.46. The van der Waals surface area contributed by atoms with Crippen LogP contribution in [0.15, 0.2) is 90.1 Å². The van der Waals surface area contributed by atoms with E-state index in [-0.39, 0.29) is 35.1 Å². The van der Waals surface area contributed by atoms with Gasteiger partial charge in [0.25, 0.3) is 10.0 Å². The molecule has 13 heteroatoms. The Bertz CT molecular complexity index is 1710. The van der Waals surface area contributed by atoms with Crippen molar-refractivity contribution in [3.05, 3.63) is 113 Å². The summed E-state index contributed by atoms with van der Waals surface area (Å²) < 4.78 is 114. The molecule has 6 nitrogen and oxygen atoms in total. The van der Waals surface area contributed by atoms with Gasteiger partial charge in [-0.2, -0.15) is 26.3 Å². The highest BCUT2D eigenvalue weighted by Crippen LogP contribution is 2.41. The normalized spacial score (nSPS) is 19.6. The Kier molecular flexibility index (Phi) is 8.80. The molecule has 1 saturated heterocycles. The van der Waals surface area contributed by atoms with Crippen molar-refractivity contribution < 1.29 is 39.5 Å². The Morgan fingerprint density at radius 3 is 2.13 bits per heavy atom.